The molecule has 0 N–H and O–H groups in total. The molecule has 0 spiro atoms. The Labute approximate surface area is 127 Å². The Bertz CT molecular complexity index is 591. The minimum atomic E-state index is -0.317. The fraction of sp³-hybridized carbons (Fsp3) is 0.562. The third kappa shape index (κ3) is 2.52. The zero-order valence-electron chi connectivity index (χ0n) is 13.3. The van der Waals surface area contributed by atoms with E-state index in [9.17, 15) is 0 Å². The molecular formula is C16H21B2NO2. The molecule has 5 heteroatoms. The molecule has 108 valence electrons. The maximum Gasteiger partial charge on any atom is 0.494 e. The van der Waals surface area contributed by atoms with E-state index in [4.69, 9.17) is 14.6 Å². The first-order chi connectivity index (χ1) is 9.82. The van der Waals surface area contributed by atoms with Gasteiger partial charge in [-0.1, -0.05) is 30.1 Å². The van der Waals surface area contributed by atoms with Crippen molar-refractivity contribution in [2.75, 3.05) is 0 Å². The van der Waals surface area contributed by atoms with Crippen molar-refractivity contribution in [1.29, 1.82) is 5.26 Å². The summed E-state index contributed by atoms with van der Waals surface area (Å²) in [6.07, 6.45) is 2.82. The lowest BCUT2D eigenvalue weighted by molar-refractivity contribution is 0.00578. The van der Waals surface area contributed by atoms with Gasteiger partial charge in [0.05, 0.1) is 11.2 Å². The van der Waals surface area contributed by atoms with E-state index < -0.39 is 0 Å². The van der Waals surface area contributed by atoms with Gasteiger partial charge in [0.1, 0.15) is 0 Å². The molecule has 21 heavy (non-hydrogen) atoms. The largest absolute Gasteiger partial charge is 0.494 e. The summed E-state index contributed by atoms with van der Waals surface area (Å²) in [6.45, 7) is 8.41. The quantitative estimate of drug-likeness (QED) is 0.741. The van der Waals surface area contributed by atoms with Crippen LogP contribution >= 0.6 is 0 Å². The van der Waals surface area contributed by atoms with Gasteiger partial charge in [-0.2, -0.15) is 0 Å². The SMILES string of the molecule is CC1(C)OB(c2ccc3c(c2)CB(C#N)CC3)OC1(C)C. The number of nitriles is 1. The third-order valence-electron chi connectivity index (χ3n) is 5.17. The topological polar surface area (TPSA) is 42.2 Å². The number of fused-ring (bicyclic) bond motifs is 1. The fourth-order valence-corrected chi connectivity index (χ4v) is 3.01. The van der Waals surface area contributed by atoms with Crippen LogP contribution in [0.25, 0.3) is 0 Å². The molecule has 2 heterocycles. The second-order valence-corrected chi connectivity index (χ2v) is 7.19. The number of rotatable bonds is 1. The first kappa shape index (κ1) is 14.7. The van der Waals surface area contributed by atoms with Crippen LogP contribution in [0.1, 0.15) is 38.8 Å². The van der Waals surface area contributed by atoms with Crippen LogP contribution in [0, 0.1) is 11.2 Å². The summed E-state index contributed by atoms with van der Waals surface area (Å²) in [7, 11) is -0.317. The maximum atomic E-state index is 9.14. The summed E-state index contributed by atoms with van der Waals surface area (Å²) in [5, 5.41) is 9.14. The van der Waals surface area contributed by atoms with E-state index in [1.807, 2.05) is 0 Å². The fourth-order valence-electron chi connectivity index (χ4n) is 3.01. The van der Waals surface area contributed by atoms with Gasteiger partial charge in [0.15, 0.2) is 0 Å². The van der Waals surface area contributed by atoms with Crippen LogP contribution in [0.3, 0.4) is 0 Å². The summed E-state index contributed by atoms with van der Waals surface area (Å²) >= 11 is 0. The number of hydrogen-bond acceptors (Lipinski definition) is 3. The molecule has 0 aliphatic carbocycles. The Kier molecular flexibility index (Phi) is 3.43. The second kappa shape index (κ2) is 4.90. The van der Waals surface area contributed by atoms with Gasteiger partial charge in [-0.25, -0.2) is 5.26 Å². The van der Waals surface area contributed by atoms with Crippen molar-refractivity contribution < 1.29 is 9.31 Å². The minimum absolute atomic E-state index is 0.144. The Morgan fingerprint density at radius 2 is 1.76 bits per heavy atom. The predicted octanol–water partition coefficient (Wildman–Crippen LogP) is 2.18. The highest BCUT2D eigenvalue weighted by atomic mass is 16.7. The molecule has 3 nitrogen and oxygen atoms in total. The number of benzene rings is 1. The van der Waals surface area contributed by atoms with Crippen molar-refractivity contribution in [3.8, 4) is 5.97 Å². The standard InChI is InChI=1S/C16H21B2NO2/c1-15(2)16(3,4)21-18(20-15)14-6-5-12-7-8-17(11-19)10-13(12)9-14/h5-6,9H,7-8,10H2,1-4H3. The zero-order valence-corrected chi connectivity index (χ0v) is 13.3. The monoisotopic (exact) mass is 281 g/mol. The van der Waals surface area contributed by atoms with E-state index in [1.54, 1.807) is 0 Å². The molecule has 0 amide bonds. The van der Waals surface area contributed by atoms with Gasteiger partial charge >= 0.3 is 7.12 Å². The Morgan fingerprint density at radius 1 is 1.10 bits per heavy atom. The number of nitrogens with zero attached hydrogens (tertiary/aromatic N) is 1. The van der Waals surface area contributed by atoms with Crippen LogP contribution in [0.15, 0.2) is 18.2 Å². The molecule has 2 aliphatic heterocycles. The van der Waals surface area contributed by atoms with E-state index in [0.29, 0.717) is 0 Å². The van der Waals surface area contributed by atoms with Crippen LogP contribution < -0.4 is 5.46 Å². The lowest BCUT2D eigenvalue weighted by Gasteiger charge is -2.32. The summed E-state index contributed by atoms with van der Waals surface area (Å²) in [5.41, 5.74) is 3.07. The lowest BCUT2D eigenvalue weighted by atomic mass is 9.42. The maximum absolute atomic E-state index is 9.14. The summed E-state index contributed by atoms with van der Waals surface area (Å²) in [5.74, 6) is 2.40. The highest BCUT2D eigenvalue weighted by Gasteiger charge is 2.51. The molecular weight excluding hydrogens is 260 g/mol. The molecule has 0 radical (unpaired) electrons. The molecule has 1 aromatic carbocycles. The Hall–Kier alpha value is -1.24. The molecule has 0 unspecified atom stereocenters. The van der Waals surface area contributed by atoms with E-state index in [0.717, 1.165) is 24.5 Å². The van der Waals surface area contributed by atoms with Crippen LogP contribution in [0.4, 0.5) is 0 Å². The third-order valence-corrected chi connectivity index (χ3v) is 5.17. The van der Waals surface area contributed by atoms with Crippen molar-refractivity contribution >= 4 is 19.3 Å². The average molecular weight is 281 g/mol. The van der Waals surface area contributed by atoms with Crippen molar-refractivity contribution in [3.05, 3.63) is 29.3 Å². The molecule has 1 saturated heterocycles. The van der Waals surface area contributed by atoms with Crippen molar-refractivity contribution in [3.63, 3.8) is 0 Å². The highest BCUT2D eigenvalue weighted by molar-refractivity contribution is 6.67. The molecule has 1 aromatic rings. The van der Waals surface area contributed by atoms with E-state index in [-0.39, 0.29) is 25.0 Å². The summed E-state index contributed by atoms with van der Waals surface area (Å²) in [6, 6.07) is 6.44. The predicted molar refractivity (Wildman–Crippen MR) is 85.7 cm³/mol. The average Bonchev–Trinajstić information content (AvgIpc) is 2.66. The smallest absolute Gasteiger partial charge is 0.399 e. The zero-order chi connectivity index (χ0) is 15.3. The highest BCUT2D eigenvalue weighted by Crippen LogP contribution is 2.36. The van der Waals surface area contributed by atoms with E-state index in [2.05, 4.69) is 51.9 Å². The minimum Gasteiger partial charge on any atom is -0.399 e. The van der Waals surface area contributed by atoms with Gasteiger partial charge in [-0.3, -0.25) is 0 Å². The number of aryl methyl sites for hydroxylation is 1. The molecule has 0 atom stereocenters. The second-order valence-electron chi connectivity index (χ2n) is 7.19. The number of hydrogen-bond donors (Lipinski definition) is 0. The van der Waals surface area contributed by atoms with E-state index >= 15 is 0 Å². The lowest BCUT2D eigenvalue weighted by Crippen LogP contribution is -2.41. The van der Waals surface area contributed by atoms with Gasteiger partial charge in [0, 0.05) is 5.97 Å². The van der Waals surface area contributed by atoms with Gasteiger partial charge in [-0.15, -0.1) is 0 Å². The molecule has 0 aromatic heterocycles. The van der Waals surface area contributed by atoms with Gasteiger partial charge in [0.25, 0.3) is 6.71 Å². The van der Waals surface area contributed by atoms with Crippen LogP contribution in [-0.4, -0.2) is 25.0 Å². The molecule has 3 rings (SSSR count). The normalized spacial score (nSPS) is 22.8. The van der Waals surface area contributed by atoms with Crippen molar-refractivity contribution in [2.24, 2.45) is 0 Å². The van der Waals surface area contributed by atoms with Crippen molar-refractivity contribution in [2.45, 2.75) is 58.0 Å². The van der Waals surface area contributed by atoms with Gasteiger partial charge < -0.3 is 9.31 Å². The van der Waals surface area contributed by atoms with Gasteiger partial charge in [0.2, 0.25) is 0 Å². The molecule has 0 bridgehead atoms. The van der Waals surface area contributed by atoms with Crippen molar-refractivity contribution in [1.82, 2.24) is 0 Å². The Balaban J connectivity index is 1.87. The molecule has 1 fully saturated rings. The molecule has 2 aliphatic rings. The molecule has 0 saturated carbocycles. The van der Waals surface area contributed by atoms with E-state index in [1.165, 1.54) is 11.1 Å². The van der Waals surface area contributed by atoms with Crippen LogP contribution in [0.5, 0.6) is 0 Å². The first-order valence-corrected chi connectivity index (χ1v) is 7.69. The van der Waals surface area contributed by atoms with Crippen LogP contribution in [0.2, 0.25) is 6.32 Å². The summed E-state index contributed by atoms with van der Waals surface area (Å²) in [4.78, 5) is 0. The van der Waals surface area contributed by atoms with Gasteiger partial charge in [-0.05, 0) is 51.5 Å². The summed E-state index contributed by atoms with van der Waals surface area (Å²) < 4.78 is 12.2. The van der Waals surface area contributed by atoms with Crippen LogP contribution in [-0.2, 0) is 22.0 Å². The first-order valence-electron chi connectivity index (χ1n) is 7.69. The Morgan fingerprint density at radius 3 is 2.38 bits per heavy atom.